The zero-order valence-corrected chi connectivity index (χ0v) is 15.6. The molecule has 0 atom stereocenters. The predicted octanol–water partition coefficient (Wildman–Crippen LogP) is 5.72. The third kappa shape index (κ3) is 4.09. The summed E-state index contributed by atoms with van der Waals surface area (Å²) in [5.41, 5.74) is 0.828. The lowest BCUT2D eigenvalue weighted by Gasteiger charge is -2.07. The van der Waals surface area contributed by atoms with Crippen molar-refractivity contribution in [3.8, 4) is 16.0 Å². The van der Waals surface area contributed by atoms with E-state index < -0.39 is 5.91 Å². The Labute approximate surface area is 162 Å². The summed E-state index contributed by atoms with van der Waals surface area (Å²) in [5, 5.41) is 17.0. The lowest BCUT2D eigenvalue weighted by molar-refractivity contribution is -0.112. The molecule has 0 aliphatic rings. The second-order valence-electron chi connectivity index (χ2n) is 4.78. The molecule has 0 spiro atoms. The number of benzene rings is 1. The maximum absolute atomic E-state index is 12.3. The molecule has 3 rings (SSSR count). The van der Waals surface area contributed by atoms with Crippen molar-refractivity contribution in [1.82, 2.24) is 4.98 Å². The summed E-state index contributed by atoms with van der Waals surface area (Å²) in [5.74, 6) is -0.572. The molecule has 0 unspecified atom stereocenters. The summed E-state index contributed by atoms with van der Waals surface area (Å²) in [6, 6.07) is 10.7. The van der Waals surface area contributed by atoms with Crippen molar-refractivity contribution < 1.29 is 4.79 Å². The molecule has 124 valence electrons. The number of nitriles is 1. The standard InChI is InChI=1S/C17H9Cl2N3OS2/c18-12-3-1-4-13(15(12)19)22-16(23)10(8-20)7-11-9-25-17(21-11)14-5-2-6-24-14/h1-7,9H,(H,22,23)/b10-7-. The number of thiazole rings is 1. The number of amides is 1. The SMILES string of the molecule is N#C/C(=C/c1csc(-c2cccs2)n1)C(=O)Nc1cccc(Cl)c1Cl. The summed E-state index contributed by atoms with van der Waals surface area (Å²) >= 11 is 15.0. The van der Waals surface area contributed by atoms with E-state index in [0.717, 1.165) is 9.88 Å². The van der Waals surface area contributed by atoms with Gasteiger partial charge in [0.2, 0.25) is 0 Å². The van der Waals surface area contributed by atoms with Crippen LogP contribution in [0.25, 0.3) is 16.0 Å². The molecular weight excluding hydrogens is 397 g/mol. The largest absolute Gasteiger partial charge is 0.320 e. The highest BCUT2D eigenvalue weighted by molar-refractivity contribution is 7.20. The quantitative estimate of drug-likeness (QED) is 0.445. The summed E-state index contributed by atoms with van der Waals surface area (Å²) in [7, 11) is 0. The smallest absolute Gasteiger partial charge is 0.266 e. The van der Waals surface area contributed by atoms with Crippen molar-refractivity contribution >= 4 is 63.5 Å². The molecule has 2 aromatic heterocycles. The van der Waals surface area contributed by atoms with Gasteiger partial charge >= 0.3 is 0 Å². The van der Waals surface area contributed by atoms with Crippen LogP contribution in [0.4, 0.5) is 5.69 Å². The Morgan fingerprint density at radius 1 is 1.24 bits per heavy atom. The molecule has 0 radical (unpaired) electrons. The Kier molecular flexibility index (Phi) is 5.51. The number of hydrogen-bond donors (Lipinski definition) is 1. The number of nitrogens with one attached hydrogen (secondary N) is 1. The first-order valence-corrected chi connectivity index (χ1v) is 9.46. The molecule has 0 saturated heterocycles. The second-order valence-corrected chi connectivity index (χ2v) is 7.37. The number of halogens is 2. The fourth-order valence-corrected chi connectivity index (χ4v) is 3.89. The average molecular weight is 406 g/mol. The summed E-state index contributed by atoms with van der Waals surface area (Å²) in [6.45, 7) is 0. The van der Waals surface area contributed by atoms with Gasteiger partial charge in [-0.2, -0.15) is 5.26 Å². The van der Waals surface area contributed by atoms with Gasteiger partial charge in [0.1, 0.15) is 16.6 Å². The molecule has 0 aliphatic carbocycles. The van der Waals surface area contributed by atoms with Gasteiger partial charge in [0.15, 0.2) is 0 Å². The number of carbonyl (C=O) groups is 1. The van der Waals surface area contributed by atoms with Crippen LogP contribution in [0.5, 0.6) is 0 Å². The highest BCUT2D eigenvalue weighted by Crippen LogP contribution is 2.30. The first-order chi connectivity index (χ1) is 12.1. The predicted molar refractivity (Wildman–Crippen MR) is 104 cm³/mol. The van der Waals surface area contributed by atoms with E-state index in [9.17, 15) is 10.1 Å². The van der Waals surface area contributed by atoms with E-state index in [-0.39, 0.29) is 10.6 Å². The monoisotopic (exact) mass is 405 g/mol. The summed E-state index contributed by atoms with van der Waals surface area (Å²) in [6.07, 6.45) is 1.45. The Balaban J connectivity index is 1.82. The van der Waals surface area contributed by atoms with Crippen molar-refractivity contribution in [3.05, 3.63) is 62.4 Å². The number of carbonyl (C=O) groups excluding carboxylic acids is 1. The van der Waals surface area contributed by atoms with Gasteiger partial charge < -0.3 is 5.32 Å². The molecular formula is C17H9Cl2N3OS2. The highest BCUT2D eigenvalue weighted by Gasteiger charge is 2.14. The lowest BCUT2D eigenvalue weighted by Crippen LogP contribution is -2.13. The number of aromatic nitrogens is 1. The van der Waals surface area contributed by atoms with Gasteiger partial charge in [0, 0.05) is 5.38 Å². The van der Waals surface area contributed by atoms with E-state index in [0.29, 0.717) is 16.4 Å². The van der Waals surface area contributed by atoms with Gasteiger partial charge in [-0.25, -0.2) is 4.98 Å². The Morgan fingerprint density at radius 3 is 2.80 bits per heavy atom. The first kappa shape index (κ1) is 17.6. The minimum atomic E-state index is -0.572. The van der Waals surface area contributed by atoms with Crippen molar-refractivity contribution in [3.63, 3.8) is 0 Å². The molecule has 0 saturated carbocycles. The fraction of sp³-hybridized carbons (Fsp3) is 0. The van der Waals surface area contributed by atoms with Crippen LogP contribution < -0.4 is 5.32 Å². The van der Waals surface area contributed by atoms with Gasteiger partial charge in [-0.15, -0.1) is 22.7 Å². The summed E-state index contributed by atoms with van der Waals surface area (Å²) in [4.78, 5) is 17.8. The fourth-order valence-electron chi connectivity index (χ4n) is 1.95. The number of nitrogens with zero attached hydrogens (tertiary/aromatic N) is 2. The van der Waals surface area contributed by atoms with Gasteiger partial charge in [0.05, 0.1) is 26.3 Å². The number of anilines is 1. The van der Waals surface area contributed by atoms with E-state index in [1.165, 1.54) is 17.4 Å². The Bertz CT molecular complexity index is 988. The Hall–Kier alpha value is -2.17. The van der Waals surface area contributed by atoms with Crippen LogP contribution in [0, 0.1) is 11.3 Å². The molecule has 1 N–H and O–H groups in total. The highest BCUT2D eigenvalue weighted by atomic mass is 35.5. The van der Waals surface area contributed by atoms with Gasteiger partial charge in [-0.3, -0.25) is 4.79 Å². The van der Waals surface area contributed by atoms with E-state index in [2.05, 4.69) is 10.3 Å². The zero-order chi connectivity index (χ0) is 17.8. The van der Waals surface area contributed by atoms with Gasteiger partial charge in [-0.1, -0.05) is 35.3 Å². The van der Waals surface area contributed by atoms with Crippen molar-refractivity contribution in [2.75, 3.05) is 5.32 Å². The third-order valence-corrected chi connectivity index (χ3v) is 5.83. The van der Waals surface area contributed by atoms with Crippen LogP contribution in [0.15, 0.2) is 46.7 Å². The maximum Gasteiger partial charge on any atom is 0.266 e. The van der Waals surface area contributed by atoms with E-state index in [1.54, 1.807) is 34.9 Å². The molecule has 4 nitrogen and oxygen atoms in total. The molecule has 2 heterocycles. The number of thiophene rings is 1. The van der Waals surface area contributed by atoms with E-state index >= 15 is 0 Å². The van der Waals surface area contributed by atoms with Crippen LogP contribution in [0.1, 0.15) is 5.69 Å². The normalized spacial score (nSPS) is 11.2. The molecule has 8 heteroatoms. The molecule has 3 aromatic rings. The lowest BCUT2D eigenvalue weighted by atomic mass is 10.2. The first-order valence-electron chi connectivity index (χ1n) is 6.95. The van der Waals surface area contributed by atoms with Gasteiger partial charge in [0.25, 0.3) is 5.91 Å². The second kappa shape index (κ2) is 7.81. The minimum absolute atomic E-state index is 0.0703. The number of rotatable bonds is 4. The summed E-state index contributed by atoms with van der Waals surface area (Å²) < 4.78 is 0. The average Bonchev–Trinajstić information content (AvgIpc) is 3.27. The molecule has 0 fully saturated rings. The molecule has 25 heavy (non-hydrogen) atoms. The molecule has 1 amide bonds. The van der Waals surface area contributed by atoms with E-state index in [4.69, 9.17) is 23.2 Å². The van der Waals surface area contributed by atoms with Crippen LogP contribution in [-0.4, -0.2) is 10.9 Å². The number of hydrogen-bond acceptors (Lipinski definition) is 5. The van der Waals surface area contributed by atoms with E-state index in [1.807, 2.05) is 23.6 Å². The topological polar surface area (TPSA) is 65.8 Å². The minimum Gasteiger partial charge on any atom is -0.320 e. The maximum atomic E-state index is 12.3. The van der Waals surface area contributed by atoms with Crippen molar-refractivity contribution in [1.29, 1.82) is 5.26 Å². The molecule has 0 aliphatic heterocycles. The third-order valence-electron chi connectivity index (χ3n) is 3.11. The Morgan fingerprint density at radius 2 is 2.08 bits per heavy atom. The molecule has 1 aromatic carbocycles. The van der Waals surface area contributed by atoms with Crippen molar-refractivity contribution in [2.24, 2.45) is 0 Å². The van der Waals surface area contributed by atoms with Crippen molar-refractivity contribution in [2.45, 2.75) is 0 Å². The van der Waals surface area contributed by atoms with Crippen LogP contribution in [0.2, 0.25) is 10.0 Å². The van der Waals surface area contributed by atoms with Gasteiger partial charge in [-0.05, 0) is 29.7 Å². The zero-order valence-electron chi connectivity index (χ0n) is 12.5. The van der Waals surface area contributed by atoms with Crippen LogP contribution in [0.3, 0.4) is 0 Å². The molecule has 0 bridgehead atoms. The van der Waals surface area contributed by atoms with Crippen LogP contribution >= 0.6 is 45.9 Å². The van der Waals surface area contributed by atoms with Crippen LogP contribution in [-0.2, 0) is 4.79 Å².